The smallest absolute Gasteiger partial charge is 0.310 e. The number of carbonyl (C=O) groups is 2. The minimum atomic E-state index is -0.600. The van der Waals surface area contributed by atoms with Gasteiger partial charge in [0, 0.05) is 33.0 Å². The van der Waals surface area contributed by atoms with Gasteiger partial charge in [-0.25, -0.2) is 0 Å². The molecule has 2 rings (SSSR count). The summed E-state index contributed by atoms with van der Waals surface area (Å²) in [5, 5.41) is 0. The van der Waals surface area contributed by atoms with E-state index in [0.29, 0.717) is 43.5 Å². The molecular formula is C25H38O6. The number of ether oxygens (including phenoxy) is 4. The Bertz CT molecular complexity index is 727. The third-order valence-corrected chi connectivity index (χ3v) is 6.08. The zero-order valence-electron chi connectivity index (χ0n) is 19.8. The van der Waals surface area contributed by atoms with Crippen LogP contribution in [-0.4, -0.2) is 45.3 Å². The second-order valence-corrected chi connectivity index (χ2v) is 9.07. The molecule has 0 aliphatic carbocycles. The normalized spacial score (nSPS) is 19.5. The maximum absolute atomic E-state index is 12.9. The average molecular weight is 435 g/mol. The highest BCUT2D eigenvalue weighted by atomic mass is 16.6. The summed E-state index contributed by atoms with van der Waals surface area (Å²) in [6.07, 6.45) is 1.84. The number of cyclic esters (lactones) is 1. The van der Waals surface area contributed by atoms with E-state index in [9.17, 15) is 9.59 Å². The van der Waals surface area contributed by atoms with Gasteiger partial charge in [0.1, 0.15) is 0 Å². The Morgan fingerprint density at radius 3 is 2.45 bits per heavy atom. The van der Waals surface area contributed by atoms with Crippen molar-refractivity contribution in [3.8, 4) is 11.5 Å². The van der Waals surface area contributed by atoms with E-state index in [2.05, 4.69) is 13.8 Å². The predicted molar refractivity (Wildman–Crippen MR) is 119 cm³/mol. The van der Waals surface area contributed by atoms with E-state index in [1.807, 2.05) is 32.0 Å². The van der Waals surface area contributed by atoms with E-state index >= 15 is 0 Å². The molecule has 1 aromatic rings. The number of ketones is 1. The molecule has 31 heavy (non-hydrogen) atoms. The molecule has 6 heteroatoms. The van der Waals surface area contributed by atoms with Gasteiger partial charge in [0.25, 0.3) is 0 Å². The quantitative estimate of drug-likeness (QED) is 0.337. The highest BCUT2D eigenvalue weighted by molar-refractivity contribution is 5.89. The Kier molecular flexibility index (Phi) is 9.82. The summed E-state index contributed by atoms with van der Waals surface area (Å²) in [5.41, 5.74) is 1.09. The van der Waals surface area contributed by atoms with Gasteiger partial charge in [0.05, 0.1) is 19.6 Å². The Hall–Kier alpha value is -2.08. The lowest BCUT2D eigenvalue weighted by atomic mass is 9.83. The van der Waals surface area contributed by atoms with Gasteiger partial charge in [-0.05, 0) is 41.9 Å². The van der Waals surface area contributed by atoms with Crippen molar-refractivity contribution < 1.29 is 28.5 Å². The number of benzene rings is 1. The van der Waals surface area contributed by atoms with Crippen LogP contribution in [-0.2, 0) is 25.5 Å². The number of rotatable bonds is 13. The van der Waals surface area contributed by atoms with Gasteiger partial charge in [-0.3, -0.25) is 9.59 Å². The van der Waals surface area contributed by atoms with E-state index in [4.69, 9.17) is 18.9 Å². The average Bonchev–Trinajstić information content (AvgIpc) is 3.13. The largest absolute Gasteiger partial charge is 0.493 e. The van der Waals surface area contributed by atoms with E-state index < -0.39 is 6.10 Å². The van der Waals surface area contributed by atoms with Crippen molar-refractivity contribution in [2.75, 3.05) is 27.4 Å². The highest BCUT2D eigenvalue weighted by Crippen LogP contribution is 2.33. The summed E-state index contributed by atoms with van der Waals surface area (Å²) in [6.45, 7) is 9.43. The Morgan fingerprint density at radius 1 is 1.13 bits per heavy atom. The molecule has 3 unspecified atom stereocenters. The minimum absolute atomic E-state index is 0.0275. The lowest BCUT2D eigenvalue weighted by Gasteiger charge is -2.22. The highest BCUT2D eigenvalue weighted by Gasteiger charge is 2.40. The van der Waals surface area contributed by atoms with Crippen molar-refractivity contribution in [2.24, 2.45) is 23.7 Å². The van der Waals surface area contributed by atoms with Crippen molar-refractivity contribution in [1.82, 2.24) is 0 Å². The van der Waals surface area contributed by atoms with Crippen LogP contribution in [0.25, 0.3) is 0 Å². The predicted octanol–water partition coefficient (Wildman–Crippen LogP) is 4.47. The number of Topliss-reactive ketones (excluding diaryl/α,β-unsaturated/α-hetero) is 1. The van der Waals surface area contributed by atoms with Gasteiger partial charge in [-0.1, -0.05) is 33.8 Å². The molecule has 174 valence electrons. The number of hydrogen-bond acceptors (Lipinski definition) is 6. The van der Waals surface area contributed by atoms with Crippen LogP contribution in [0, 0.1) is 23.7 Å². The summed E-state index contributed by atoms with van der Waals surface area (Å²) in [6, 6.07) is 5.92. The van der Waals surface area contributed by atoms with Gasteiger partial charge in [0.15, 0.2) is 23.4 Å². The van der Waals surface area contributed by atoms with Gasteiger partial charge >= 0.3 is 5.97 Å². The second-order valence-electron chi connectivity index (χ2n) is 9.07. The zero-order chi connectivity index (χ0) is 23.0. The van der Waals surface area contributed by atoms with Crippen LogP contribution < -0.4 is 9.47 Å². The van der Waals surface area contributed by atoms with Crippen LogP contribution in [0.2, 0.25) is 0 Å². The molecule has 1 aromatic carbocycles. The first-order valence-corrected chi connectivity index (χ1v) is 11.3. The Labute approximate surface area is 186 Å². The van der Waals surface area contributed by atoms with E-state index in [-0.39, 0.29) is 29.5 Å². The molecule has 0 radical (unpaired) electrons. The minimum Gasteiger partial charge on any atom is -0.493 e. The van der Waals surface area contributed by atoms with Crippen molar-refractivity contribution in [3.05, 3.63) is 23.8 Å². The van der Waals surface area contributed by atoms with Gasteiger partial charge in [-0.15, -0.1) is 0 Å². The maximum atomic E-state index is 12.9. The number of methoxy groups -OCH3 is 2. The number of hydrogen-bond donors (Lipinski definition) is 0. The van der Waals surface area contributed by atoms with Gasteiger partial charge in [-0.2, -0.15) is 0 Å². The first kappa shape index (κ1) is 25.2. The molecule has 1 saturated heterocycles. The van der Waals surface area contributed by atoms with Crippen molar-refractivity contribution >= 4 is 11.8 Å². The number of esters is 1. The van der Waals surface area contributed by atoms with Crippen LogP contribution in [0.3, 0.4) is 0 Å². The Morgan fingerprint density at radius 2 is 1.87 bits per heavy atom. The summed E-state index contributed by atoms with van der Waals surface area (Å²) < 4.78 is 21.8. The SMILES string of the molecule is COCCCOc1cc(CC(CC(=O)C2CC(C(C)C)C(=O)O2)C(C)C)ccc1OC. The molecule has 0 spiro atoms. The fraction of sp³-hybridized carbons (Fsp3) is 0.680. The summed E-state index contributed by atoms with van der Waals surface area (Å²) >= 11 is 0. The summed E-state index contributed by atoms with van der Waals surface area (Å²) in [5.74, 6) is 1.66. The molecule has 1 aliphatic heterocycles. The van der Waals surface area contributed by atoms with E-state index in [0.717, 1.165) is 18.4 Å². The molecule has 0 N–H and O–H groups in total. The third-order valence-electron chi connectivity index (χ3n) is 6.08. The molecule has 6 nitrogen and oxygen atoms in total. The monoisotopic (exact) mass is 434 g/mol. The third kappa shape index (κ3) is 7.23. The van der Waals surface area contributed by atoms with E-state index in [1.54, 1.807) is 14.2 Å². The molecule has 1 fully saturated rings. The summed E-state index contributed by atoms with van der Waals surface area (Å²) in [7, 11) is 3.30. The van der Waals surface area contributed by atoms with Gasteiger partial charge < -0.3 is 18.9 Å². The van der Waals surface area contributed by atoms with Crippen molar-refractivity contribution in [3.63, 3.8) is 0 Å². The maximum Gasteiger partial charge on any atom is 0.310 e. The van der Waals surface area contributed by atoms with Crippen molar-refractivity contribution in [2.45, 2.75) is 59.5 Å². The lowest BCUT2D eigenvalue weighted by Crippen LogP contribution is -2.26. The molecule has 0 saturated carbocycles. The molecular weight excluding hydrogens is 396 g/mol. The molecule has 0 aromatic heterocycles. The van der Waals surface area contributed by atoms with Crippen LogP contribution in [0.1, 0.15) is 52.5 Å². The zero-order valence-corrected chi connectivity index (χ0v) is 19.8. The second kappa shape index (κ2) is 12.1. The van der Waals surface area contributed by atoms with Crippen molar-refractivity contribution in [1.29, 1.82) is 0 Å². The lowest BCUT2D eigenvalue weighted by molar-refractivity contribution is -0.150. The van der Waals surface area contributed by atoms with Crippen LogP contribution in [0.4, 0.5) is 0 Å². The molecule has 0 bridgehead atoms. The standard InChI is InChI=1S/C25H38O6/c1-16(2)19(14-21(26)23-15-20(17(3)4)25(27)31-23)12-18-8-9-22(29-6)24(13-18)30-11-7-10-28-5/h8-9,13,16-17,19-20,23H,7,10-12,14-15H2,1-6H3. The molecule has 1 aliphatic rings. The summed E-state index contributed by atoms with van der Waals surface area (Å²) in [4.78, 5) is 25.0. The number of carbonyl (C=O) groups excluding carboxylic acids is 2. The Balaban J connectivity index is 2.04. The topological polar surface area (TPSA) is 71.1 Å². The van der Waals surface area contributed by atoms with Gasteiger partial charge in [0.2, 0.25) is 0 Å². The fourth-order valence-electron chi connectivity index (χ4n) is 3.93. The van der Waals surface area contributed by atoms with Crippen LogP contribution in [0.15, 0.2) is 18.2 Å². The molecule has 0 amide bonds. The first-order valence-electron chi connectivity index (χ1n) is 11.3. The van der Waals surface area contributed by atoms with E-state index in [1.165, 1.54) is 0 Å². The fourth-order valence-corrected chi connectivity index (χ4v) is 3.93. The van der Waals surface area contributed by atoms with Crippen LogP contribution >= 0.6 is 0 Å². The molecule has 1 heterocycles. The molecule has 3 atom stereocenters. The van der Waals surface area contributed by atoms with Crippen LogP contribution in [0.5, 0.6) is 11.5 Å². The first-order chi connectivity index (χ1) is 14.8.